The summed E-state index contributed by atoms with van der Waals surface area (Å²) in [5.41, 5.74) is 8.76. The Morgan fingerprint density at radius 1 is 0.452 bits per heavy atom. The smallest absolute Gasteiger partial charge is 0.114 e. The Kier molecular flexibility index (Phi) is 3.78. The normalized spacial score (nSPS) is 13.7. The Balaban J connectivity index is 1.69. The summed E-state index contributed by atoms with van der Waals surface area (Å²) in [6, 6.07) is 28.5. The summed E-state index contributed by atoms with van der Waals surface area (Å²) >= 11 is 0. The molecule has 0 atom stereocenters. The highest BCUT2D eigenvalue weighted by molar-refractivity contribution is 5.85. The monoisotopic (exact) mass is 400 g/mol. The molecule has 0 saturated carbocycles. The summed E-state index contributed by atoms with van der Waals surface area (Å²) < 4.78 is 0. The second kappa shape index (κ2) is 6.54. The Labute approximate surface area is 180 Å². The van der Waals surface area contributed by atoms with Gasteiger partial charge in [-0.3, -0.25) is 0 Å². The van der Waals surface area contributed by atoms with Crippen molar-refractivity contribution >= 4 is 11.0 Å². The van der Waals surface area contributed by atoms with E-state index in [4.69, 9.17) is 19.9 Å². The van der Waals surface area contributed by atoms with Gasteiger partial charge in [-0.15, -0.1) is 0 Å². The number of aromatic nitrogens is 4. The van der Waals surface area contributed by atoms with Gasteiger partial charge in [0.05, 0.1) is 39.2 Å². The van der Waals surface area contributed by atoms with E-state index in [1.165, 1.54) is 0 Å². The molecule has 2 heterocycles. The van der Waals surface area contributed by atoms with E-state index in [2.05, 4.69) is 38.1 Å². The molecular formula is C27H20N4. The van der Waals surface area contributed by atoms with Crippen LogP contribution in [-0.4, -0.2) is 19.9 Å². The predicted octanol–water partition coefficient (Wildman–Crippen LogP) is 6.06. The van der Waals surface area contributed by atoms with E-state index in [-0.39, 0.29) is 5.41 Å². The summed E-state index contributed by atoms with van der Waals surface area (Å²) in [4.78, 5) is 20.3. The van der Waals surface area contributed by atoms with Crippen molar-refractivity contribution in [2.45, 2.75) is 19.3 Å². The first-order chi connectivity index (χ1) is 15.1. The van der Waals surface area contributed by atoms with Crippen LogP contribution >= 0.6 is 0 Å². The molecule has 0 saturated heterocycles. The van der Waals surface area contributed by atoms with Crippen LogP contribution in [0, 0.1) is 0 Å². The van der Waals surface area contributed by atoms with E-state index >= 15 is 0 Å². The number of rotatable bonds is 2. The van der Waals surface area contributed by atoms with Crippen LogP contribution in [-0.2, 0) is 5.41 Å². The van der Waals surface area contributed by atoms with E-state index in [1.54, 1.807) is 0 Å². The van der Waals surface area contributed by atoms with Crippen molar-refractivity contribution in [2.75, 3.05) is 0 Å². The van der Waals surface area contributed by atoms with Crippen LogP contribution in [0.5, 0.6) is 0 Å². The topological polar surface area (TPSA) is 51.6 Å². The third-order valence-electron chi connectivity index (χ3n) is 5.97. The van der Waals surface area contributed by atoms with Gasteiger partial charge in [-0.25, -0.2) is 19.9 Å². The van der Waals surface area contributed by atoms with Crippen molar-refractivity contribution in [1.82, 2.24) is 19.9 Å². The van der Waals surface area contributed by atoms with Gasteiger partial charge in [0.25, 0.3) is 0 Å². The average molecular weight is 400 g/mol. The van der Waals surface area contributed by atoms with Crippen molar-refractivity contribution in [3.8, 4) is 33.9 Å². The maximum atomic E-state index is 5.22. The molecule has 0 bridgehead atoms. The molecule has 4 heteroatoms. The maximum absolute atomic E-state index is 5.22. The lowest BCUT2D eigenvalue weighted by molar-refractivity contribution is 0.616. The summed E-state index contributed by atoms with van der Waals surface area (Å²) in [7, 11) is 0. The SMILES string of the molecule is CC1(C)c2nc(-c3ccccc3)c(-c3ccccc3)nc2-c2nc3ccccc3nc21. The second-order valence-electron chi connectivity index (χ2n) is 8.38. The molecule has 4 nitrogen and oxygen atoms in total. The van der Waals surface area contributed by atoms with E-state index < -0.39 is 0 Å². The molecule has 31 heavy (non-hydrogen) atoms. The molecule has 0 fully saturated rings. The highest BCUT2D eigenvalue weighted by Gasteiger charge is 2.42. The fraction of sp³-hybridized carbons (Fsp3) is 0.111. The van der Waals surface area contributed by atoms with E-state index in [1.807, 2.05) is 60.7 Å². The number of para-hydroxylation sites is 2. The van der Waals surface area contributed by atoms with Crippen LogP contribution in [0.3, 0.4) is 0 Å². The fourth-order valence-corrected chi connectivity index (χ4v) is 4.34. The predicted molar refractivity (Wildman–Crippen MR) is 124 cm³/mol. The fourth-order valence-electron chi connectivity index (χ4n) is 4.34. The first-order valence-corrected chi connectivity index (χ1v) is 10.4. The minimum absolute atomic E-state index is 0.382. The zero-order valence-electron chi connectivity index (χ0n) is 17.4. The van der Waals surface area contributed by atoms with Gasteiger partial charge in [0.15, 0.2) is 0 Å². The van der Waals surface area contributed by atoms with Crippen molar-refractivity contribution in [2.24, 2.45) is 0 Å². The number of hydrogen-bond donors (Lipinski definition) is 0. The van der Waals surface area contributed by atoms with Crippen molar-refractivity contribution in [1.29, 1.82) is 0 Å². The Morgan fingerprint density at radius 2 is 0.903 bits per heavy atom. The molecule has 6 rings (SSSR count). The highest BCUT2D eigenvalue weighted by atomic mass is 15.0. The Morgan fingerprint density at radius 3 is 1.52 bits per heavy atom. The van der Waals surface area contributed by atoms with Crippen LogP contribution in [0.1, 0.15) is 25.2 Å². The molecule has 0 unspecified atom stereocenters. The molecule has 5 aromatic rings. The van der Waals surface area contributed by atoms with Crippen LogP contribution in [0.4, 0.5) is 0 Å². The summed E-state index contributed by atoms with van der Waals surface area (Å²) in [5, 5.41) is 0. The molecule has 1 aliphatic carbocycles. The molecule has 3 aromatic carbocycles. The molecule has 2 aromatic heterocycles. The number of nitrogens with zero attached hydrogens (tertiary/aromatic N) is 4. The average Bonchev–Trinajstić information content (AvgIpc) is 3.04. The first kappa shape index (κ1) is 17.9. The van der Waals surface area contributed by atoms with Crippen molar-refractivity contribution < 1.29 is 0 Å². The highest BCUT2D eigenvalue weighted by Crippen LogP contribution is 2.47. The van der Waals surface area contributed by atoms with Crippen LogP contribution < -0.4 is 0 Å². The molecule has 0 radical (unpaired) electrons. The van der Waals surface area contributed by atoms with Crippen LogP contribution in [0.2, 0.25) is 0 Å². The van der Waals surface area contributed by atoms with Gasteiger partial charge in [-0.1, -0.05) is 72.8 Å². The maximum Gasteiger partial charge on any atom is 0.114 e. The lowest BCUT2D eigenvalue weighted by Gasteiger charge is -2.20. The number of benzene rings is 3. The lowest BCUT2D eigenvalue weighted by atomic mass is 9.89. The van der Waals surface area contributed by atoms with Crippen molar-refractivity contribution in [3.05, 3.63) is 96.3 Å². The second-order valence-corrected chi connectivity index (χ2v) is 8.38. The molecule has 0 aliphatic heterocycles. The first-order valence-electron chi connectivity index (χ1n) is 10.4. The molecule has 1 aliphatic rings. The van der Waals surface area contributed by atoms with Gasteiger partial charge in [-0.05, 0) is 26.0 Å². The van der Waals surface area contributed by atoms with Gasteiger partial charge >= 0.3 is 0 Å². The summed E-state index contributed by atoms with van der Waals surface area (Å²) in [6.07, 6.45) is 0. The number of fused-ring (bicyclic) bond motifs is 4. The number of hydrogen-bond acceptors (Lipinski definition) is 4. The third-order valence-corrected chi connectivity index (χ3v) is 5.97. The molecule has 0 spiro atoms. The van der Waals surface area contributed by atoms with Gasteiger partial charge in [0.1, 0.15) is 11.4 Å². The van der Waals surface area contributed by atoms with Gasteiger partial charge < -0.3 is 0 Å². The summed E-state index contributed by atoms with van der Waals surface area (Å²) in [6.45, 7) is 4.32. The third kappa shape index (κ3) is 2.68. The minimum Gasteiger partial charge on any atom is -0.248 e. The molecular weight excluding hydrogens is 380 g/mol. The molecule has 0 N–H and O–H groups in total. The van der Waals surface area contributed by atoms with Gasteiger partial charge in [0.2, 0.25) is 0 Å². The van der Waals surface area contributed by atoms with E-state index in [9.17, 15) is 0 Å². The standard InChI is InChI=1S/C27H20N4/c1-27(2)25-23(28-19-15-9-10-16-20(19)29-25)24-26(27)31-22(18-13-7-4-8-14-18)21(30-24)17-11-5-3-6-12-17/h3-16H,1-2H3. The van der Waals surface area contributed by atoms with E-state index in [0.717, 1.165) is 56.3 Å². The van der Waals surface area contributed by atoms with Crippen LogP contribution in [0.25, 0.3) is 44.9 Å². The largest absolute Gasteiger partial charge is 0.248 e. The summed E-state index contributed by atoms with van der Waals surface area (Å²) in [5.74, 6) is 0. The van der Waals surface area contributed by atoms with E-state index in [0.29, 0.717) is 0 Å². The molecule has 148 valence electrons. The quantitative estimate of drug-likeness (QED) is 0.361. The van der Waals surface area contributed by atoms with Gasteiger partial charge in [-0.2, -0.15) is 0 Å². The zero-order chi connectivity index (χ0) is 21.0. The van der Waals surface area contributed by atoms with Gasteiger partial charge in [0, 0.05) is 11.1 Å². The van der Waals surface area contributed by atoms with Crippen molar-refractivity contribution in [3.63, 3.8) is 0 Å². The lowest BCUT2D eigenvalue weighted by Crippen LogP contribution is -2.19. The Bertz CT molecular complexity index is 1440. The molecule has 0 amide bonds. The Hall–Kier alpha value is -3.92. The zero-order valence-corrected chi connectivity index (χ0v) is 17.4. The van der Waals surface area contributed by atoms with Crippen LogP contribution in [0.15, 0.2) is 84.9 Å². The minimum atomic E-state index is -0.382.